The van der Waals surface area contributed by atoms with E-state index in [0.717, 1.165) is 21.1 Å². The molecule has 0 fully saturated rings. The van der Waals surface area contributed by atoms with Crippen LogP contribution in [0.25, 0.3) is 10.6 Å². The van der Waals surface area contributed by atoms with Gasteiger partial charge < -0.3 is 0 Å². The molecule has 0 amide bonds. The highest BCUT2D eigenvalue weighted by atomic mass is 32.1. The molecule has 0 spiro atoms. The van der Waals surface area contributed by atoms with E-state index in [1.54, 1.807) is 12.1 Å². The van der Waals surface area contributed by atoms with Crippen LogP contribution in [-0.4, -0.2) is 32.3 Å². The highest BCUT2D eigenvalue weighted by Crippen LogP contribution is 2.29. The molecule has 8 nitrogen and oxygen atoms in total. The van der Waals surface area contributed by atoms with Crippen LogP contribution in [0.4, 0.5) is 5.69 Å². The highest BCUT2D eigenvalue weighted by Gasteiger charge is 2.11. The standard InChI is InChI=1S/C12H13N3O5S/c1-8-11(6-7-20-15(18)19)21-12(13-8)9-2-4-10(5-3-9)14(16)17/h2-5,18-19H,6-7H2,1H3. The fraction of sp³-hybridized carbons (Fsp3) is 0.250. The third-order valence-electron chi connectivity index (χ3n) is 2.75. The Balaban J connectivity index is 2.12. The molecule has 21 heavy (non-hydrogen) atoms. The highest BCUT2D eigenvalue weighted by molar-refractivity contribution is 7.15. The number of benzene rings is 1. The SMILES string of the molecule is Cc1nc(-c2ccc([N+](=O)[O-])cc2)sc1CCON(O)O. The molecule has 112 valence electrons. The Morgan fingerprint density at radius 1 is 1.38 bits per heavy atom. The second-order valence-corrected chi connectivity index (χ2v) is 5.25. The van der Waals surface area contributed by atoms with E-state index in [9.17, 15) is 10.1 Å². The number of hydrogen-bond acceptors (Lipinski definition) is 8. The van der Waals surface area contributed by atoms with Gasteiger partial charge in [0.1, 0.15) is 5.01 Å². The van der Waals surface area contributed by atoms with Gasteiger partial charge in [0, 0.05) is 29.0 Å². The molecule has 0 saturated carbocycles. The van der Waals surface area contributed by atoms with Gasteiger partial charge in [0.15, 0.2) is 0 Å². The molecule has 1 aromatic carbocycles. The maximum Gasteiger partial charge on any atom is 0.269 e. The van der Waals surface area contributed by atoms with E-state index >= 15 is 0 Å². The molecule has 1 aromatic heterocycles. The molecule has 0 bridgehead atoms. The van der Waals surface area contributed by atoms with Gasteiger partial charge in [-0.2, -0.15) is 0 Å². The molecule has 0 aliphatic rings. The van der Waals surface area contributed by atoms with Gasteiger partial charge in [0.2, 0.25) is 0 Å². The van der Waals surface area contributed by atoms with Crippen LogP contribution < -0.4 is 0 Å². The Hall–Kier alpha value is -1.91. The summed E-state index contributed by atoms with van der Waals surface area (Å²) in [6.07, 6.45) is 0.480. The van der Waals surface area contributed by atoms with Crippen LogP contribution in [0, 0.1) is 17.0 Å². The third kappa shape index (κ3) is 4.03. The van der Waals surface area contributed by atoms with Crippen molar-refractivity contribution in [2.75, 3.05) is 6.61 Å². The Labute approximate surface area is 123 Å². The van der Waals surface area contributed by atoms with E-state index in [2.05, 4.69) is 9.82 Å². The molecule has 0 unspecified atom stereocenters. The zero-order valence-electron chi connectivity index (χ0n) is 11.1. The Bertz CT molecular complexity index is 626. The van der Waals surface area contributed by atoms with Crippen molar-refractivity contribution in [3.8, 4) is 10.6 Å². The summed E-state index contributed by atoms with van der Waals surface area (Å²) >= 11 is 1.44. The molecule has 0 radical (unpaired) electrons. The maximum absolute atomic E-state index is 10.6. The second-order valence-electron chi connectivity index (χ2n) is 4.17. The van der Waals surface area contributed by atoms with Crippen molar-refractivity contribution in [1.29, 1.82) is 0 Å². The normalized spacial score (nSPS) is 11.0. The Kier molecular flexibility index (Phi) is 4.94. The quantitative estimate of drug-likeness (QED) is 0.623. The summed E-state index contributed by atoms with van der Waals surface area (Å²) in [5.74, 6) is 0. The number of nitro benzene ring substituents is 1. The number of nitro groups is 1. The van der Waals surface area contributed by atoms with Crippen LogP contribution in [0.3, 0.4) is 0 Å². The lowest BCUT2D eigenvalue weighted by Gasteiger charge is -2.04. The molecule has 9 heteroatoms. The van der Waals surface area contributed by atoms with Crippen LogP contribution in [0.5, 0.6) is 0 Å². The number of thiazole rings is 1. The second kappa shape index (κ2) is 6.70. The summed E-state index contributed by atoms with van der Waals surface area (Å²) in [6, 6.07) is 6.17. The van der Waals surface area contributed by atoms with Crippen molar-refractivity contribution in [2.45, 2.75) is 13.3 Å². The molecule has 2 N–H and O–H groups in total. The average Bonchev–Trinajstić information content (AvgIpc) is 2.80. The lowest BCUT2D eigenvalue weighted by Crippen LogP contribution is -2.16. The largest absolute Gasteiger partial charge is 0.269 e. The summed E-state index contributed by atoms with van der Waals surface area (Å²) in [5, 5.41) is 27.9. The van der Waals surface area contributed by atoms with Crippen molar-refractivity contribution in [2.24, 2.45) is 0 Å². The molecule has 2 aromatic rings. The van der Waals surface area contributed by atoms with Crippen LogP contribution >= 0.6 is 11.3 Å². The van der Waals surface area contributed by atoms with Gasteiger partial charge in [-0.3, -0.25) is 25.4 Å². The summed E-state index contributed by atoms with van der Waals surface area (Å²) < 4.78 is 0. The topological polar surface area (TPSA) is 109 Å². The molecule has 0 atom stereocenters. The predicted octanol–water partition coefficient (Wildman–Crippen LogP) is 2.58. The minimum absolute atomic E-state index is 0.0339. The molecular formula is C12H13N3O5S. The zero-order chi connectivity index (χ0) is 15.4. The number of aryl methyl sites for hydroxylation is 1. The van der Waals surface area contributed by atoms with Crippen molar-refractivity contribution in [1.82, 2.24) is 10.4 Å². The van der Waals surface area contributed by atoms with Gasteiger partial charge in [-0.1, -0.05) is 0 Å². The summed E-state index contributed by atoms with van der Waals surface area (Å²) in [7, 11) is 0. The van der Waals surface area contributed by atoms with E-state index in [4.69, 9.17) is 10.4 Å². The molecule has 0 aliphatic carbocycles. The molecule has 0 aliphatic heterocycles. The fourth-order valence-electron chi connectivity index (χ4n) is 1.73. The fourth-order valence-corrected chi connectivity index (χ4v) is 2.78. The first-order chi connectivity index (χ1) is 9.97. The minimum Gasteiger partial charge on any atom is -0.266 e. The minimum atomic E-state index is -0.449. The smallest absolute Gasteiger partial charge is 0.266 e. The van der Waals surface area contributed by atoms with Crippen molar-refractivity contribution in [3.05, 3.63) is 45.0 Å². The summed E-state index contributed by atoms with van der Waals surface area (Å²) in [4.78, 5) is 20.0. The van der Waals surface area contributed by atoms with Crippen LogP contribution in [0.2, 0.25) is 0 Å². The monoisotopic (exact) mass is 311 g/mol. The van der Waals surface area contributed by atoms with Crippen LogP contribution in [-0.2, 0) is 11.3 Å². The van der Waals surface area contributed by atoms with Crippen molar-refractivity contribution < 1.29 is 20.2 Å². The first-order valence-electron chi connectivity index (χ1n) is 5.99. The molecule has 0 saturated heterocycles. The first kappa shape index (κ1) is 15.5. The number of rotatable bonds is 6. The van der Waals surface area contributed by atoms with Gasteiger partial charge in [-0.05, 0) is 19.1 Å². The number of non-ortho nitro benzene ring substituents is 1. The molecule has 2 rings (SSSR count). The van der Waals surface area contributed by atoms with Crippen molar-refractivity contribution in [3.63, 3.8) is 0 Å². The Morgan fingerprint density at radius 2 is 2.05 bits per heavy atom. The van der Waals surface area contributed by atoms with Gasteiger partial charge in [-0.25, -0.2) is 4.98 Å². The number of nitrogens with zero attached hydrogens (tertiary/aromatic N) is 3. The van der Waals surface area contributed by atoms with E-state index in [-0.39, 0.29) is 17.7 Å². The average molecular weight is 311 g/mol. The van der Waals surface area contributed by atoms with E-state index in [1.165, 1.54) is 23.5 Å². The number of hydrogen-bond donors (Lipinski definition) is 2. The predicted molar refractivity (Wildman–Crippen MR) is 74.0 cm³/mol. The zero-order valence-corrected chi connectivity index (χ0v) is 11.9. The van der Waals surface area contributed by atoms with Crippen LogP contribution in [0.15, 0.2) is 24.3 Å². The summed E-state index contributed by atoms with van der Waals surface area (Å²) in [6.45, 7) is 1.95. The molecule has 1 heterocycles. The van der Waals surface area contributed by atoms with Crippen molar-refractivity contribution >= 4 is 17.0 Å². The van der Waals surface area contributed by atoms with E-state index < -0.39 is 4.92 Å². The van der Waals surface area contributed by atoms with Gasteiger partial charge >= 0.3 is 0 Å². The summed E-state index contributed by atoms with van der Waals surface area (Å²) in [5.41, 5.74) is 1.65. The van der Waals surface area contributed by atoms with E-state index in [0.29, 0.717) is 6.42 Å². The lowest BCUT2D eigenvalue weighted by molar-refractivity contribution is -0.492. The van der Waals surface area contributed by atoms with E-state index in [1.807, 2.05) is 6.92 Å². The first-order valence-corrected chi connectivity index (χ1v) is 6.81. The van der Waals surface area contributed by atoms with Crippen LogP contribution in [0.1, 0.15) is 10.6 Å². The van der Waals surface area contributed by atoms with Gasteiger partial charge in [0.25, 0.3) is 5.69 Å². The molecular weight excluding hydrogens is 298 g/mol. The lowest BCUT2D eigenvalue weighted by atomic mass is 10.2. The van der Waals surface area contributed by atoms with Gasteiger partial charge in [-0.15, -0.1) is 11.3 Å². The Morgan fingerprint density at radius 3 is 2.62 bits per heavy atom. The maximum atomic E-state index is 10.6. The van der Waals surface area contributed by atoms with Gasteiger partial charge in [0.05, 0.1) is 22.6 Å². The third-order valence-corrected chi connectivity index (χ3v) is 4.02. The number of aromatic nitrogens is 1.